The third-order valence-electron chi connectivity index (χ3n) is 1.99. The Kier molecular flexibility index (Phi) is 4.62. The topological polar surface area (TPSA) is 101 Å². The maximum absolute atomic E-state index is 13.2. The number of nitrogens with one attached hydrogen (secondary N) is 2. The average Bonchev–Trinajstić information content (AvgIpc) is 2.24. The zero-order valence-electron chi connectivity index (χ0n) is 9.73. The molecule has 0 unspecified atom stereocenters. The highest BCUT2D eigenvalue weighted by Crippen LogP contribution is 2.17. The van der Waals surface area contributed by atoms with Crippen LogP contribution < -0.4 is 15.8 Å². The standard InChI is InChI=1S/C10H14FN3O3S/c1-2-3-13-10(15)14-8-4-7(11)5-9(6-8)18(12,16)17/h4-6H,2-3H2,1H3,(H2,12,16,17)(H2,13,14,15). The van der Waals surface area contributed by atoms with Crippen LogP contribution in [0.5, 0.6) is 0 Å². The van der Waals surface area contributed by atoms with Crippen LogP contribution in [0, 0.1) is 5.82 Å². The first-order valence-electron chi connectivity index (χ1n) is 5.21. The molecule has 100 valence electrons. The Hall–Kier alpha value is -1.67. The number of nitrogens with two attached hydrogens (primary N) is 1. The molecule has 0 aromatic heterocycles. The molecule has 0 aliphatic rings. The number of halogens is 1. The Morgan fingerprint density at radius 2 is 2.06 bits per heavy atom. The number of carbonyl (C=O) groups excluding carboxylic acids is 1. The predicted octanol–water partition coefficient (Wildman–Crippen LogP) is 1.00. The molecule has 0 atom stereocenters. The molecule has 0 saturated carbocycles. The summed E-state index contributed by atoms with van der Waals surface area (Å²) >= 11 is 0. The molecule has 0 saturated heterocycles. The summed E-state index contributed by atoms with van der Waals surface area (Å²) in [6.07, 6.45) is 0.749. The normalized spacial score (nSPS) is 11.1. The Labute approximate surface area is 104 Å². The van der Waals surface area contributed by atoms with Gasteiger partial charge in [-0.2, -0.15) is 0 Å². The molecule has 0 aliphatic heterocycles. The van der Waals surface area contributed by atoms with E-state index in [4.69, 9.17) is 5.14 Å². The Bertz CT molecular complexity index is 545. The summed E-state index contributed by atoms with van der Waals surface area (Å²) in [4.78, 5) is 10.9. The Balaban J connectivity index is 2.90. The molecule has 2 amide bonds. The van der Waals surface area contributed by atoms with Gasteiger partial charge in [-0.25, -0.2) is 22.7 Å². The summed E-state index contributed by atoms with van der Waals surface area (Å²) in [5.41, 5.74) is 0.0210. The van der Waals surface area contributed by atoms with Crippen molar-refractivity contribution in [2.24, 2.45) is 5.14 Å². The van der Waals surface area contributed by atoms with Gasteiger partial charge < -0.3 is 10.6 Å². The van der Waals surface area contributed by atoms with Crippen LogP contribution in [-0.2, 0) is 10.0 Å². The summed E-state index contributed by atoms with van der Waals surface area (Å²) in [5, 5.41) is 9.71. The minimum absolute atomic E-state index is 0.0210. The number of hydrogen-bond donors (Lipinski definition) is 3. The lowest BCUT2D eigenvalue weighted by molar-refractivity contribution is 0.252. The molecular weight excluding hydrogens is 261 g/mol. The number of anilines is 1. The summed E-state index contributed by atoms with van der Waals surface area (Å²) in [7, 11) is -4.01. The molecule has 0 aliphatic carbocycles. The van der Waals surface area contributed by atoms with E-state index in [1.54, 1.807) is 0 Å². The number of rotatable bonds is 4. The lowest BCUT2D eigenvalue weighted by atomic mass is 10.3. The SMILES string of the molecule is CCCNC(=O)Nc1cc(F)cc(S(N)(=O)=O)c1. The molecule has 18 heavy (non-hydrogen) atoms. The molecular formula is C10H14FN3O3S. The summed E-state index contributed by atoms with van der Waals surface area (Å²) < 4.78 is 35.3. The van der Waals surface area contributed by atoms with Crippen molar-refractivity contribution in [3.63, 3.8) is 0 Å². The smallest absolute Gasteiger partial charge is 0.319 e. The van der Waals surface area contributed by atoms with Crippen LogP contribution in [0.3, 0.4) is 0 Å². The number of sulfonamides is 1. The largest absolute Gasteiger partial charge is 0.338 e. The number of hydrogen-bond acceptors (Lipinski definition) is 3. The van der Waals surface area contributed by atoms with Gasteiger partial charge >= 0.3 is 6.03 Å². The van der Waals surface area contributed by atoms with Crippen LogP contribution >= 0.6 is 0 Å². The fourth-order valence-corrected chi connectivity index (χ4v) is 1.78. The van der Waals surface area contributed by atoms with E-state index in [0.717, 1.165) is 24.6 Å². The number of urea groups is 1. The van der Waals surface area contributed by atoms with E-state index in [-0.39, 0.29) is 5.69 Å². The molecule has 0 spiro atoms. The highest BCUT2D eigenvalue weighted by molar-refractivity contribution is 7.89. The third kappa shape index (κ3) is 4.30. The second-order valence-electron chi connectivity index (χ2n) is 3.60. The van der Waals surface area contributed by atoms with E-state index in [1.165, 1.54) is 0 Å². The van der Waals surface area contributed by atoms with E-state index < -0.39 is 26.8 Å². The Morgan fingerprint density at radius 3 is 2.61 bits per heavy atom. The molecule has 4 N–H and O–H groups in total. The van der Waals surface area contributed by atoms with Crippen LogP contribution in [0.2, 0.25) is 0 Å². The molecule has 1 rings (SSSR count). The lowest BCUT2D eigenvalue weighted by Crippen LogP contribution is -2.29. The molecule has 1 aromatic carbocycles. The summed E-state index contributed by atoms with van der Waals surface area (Å²) in [5.74, 6) is -0.799. The van der Waals surface area contributed by atoms with E-state index in [1.807, 2.05) is 6.92 Å². The number of primary sulfonamides is 1. The third-order valence-corrected chi connectivity index (χ3v) is 2.89. The fourth-order valence-electron chi connectivity index (χ4n) is 1.21. The van der Waals surface area contributed by atoms with Gasteiger partial charge in [0.1, 0.15) is 5.82 Å². The van der Waals surface area contributed by atoms with E-state index in [9.17, 15) is 17.6 Å². The highest BCUT2D eigenvalue weighted by Gasteiger charge is 2.12. The van der Waals surface area contributed by atoms with Crippen molar-refractivity contribution in [2.75, 3.05) is 11.9 Å². The van der Waals surface area contributed by atoms with Crippen LogP contribution in [-0.4, -0.2) is 21.0 Å². The van der Waals surface area contributed by atoms with Crippen molar-refractivity contribution >= 4 is 21.7 Å². The number of amides is 2. The molecule has 8 heteroatoms. The van der Waals surface area contributed by atoms with Crippen molar-refractivity contribution < 1.29 is 17.6 Å². The molecule has 0 bridgehead atoms. The monoisotopic (exact) mass is 275 g/mol. The van der Waals surface area contributed by atoms with Crippen molar-refractivity contribution in [3.05, 3.63) is 24.0 Å². The van der Waals surface area contributed by atoms with Crippen LogP contribution in [0.15, 0.2) is 23.1 Å². The fraction of sp³-hybridized carbons (Fsp3) is 0.300. The van der Waals surface area contributed by atoms with Crippen molar-refractivity contribution in [2.45, 2.75) is 18.2 Å². The van der Waals surface area contributed by atoms with Crippen molar-refractivity contribution in [1.29, 1.82) is 0 Å². The lowest BCUT2D eigenvalue weighted by Gasteiger charge is -2.08. The van der Waals surface area contributed by atoms with E-state index in [2.05, 4.69) is 10.6 Å². The first-order valence-corrected chi connectivity index (χ1v) is 6.76. The summed E-state index contributed by atoms with van der Waals surface area (Å²) in [6.45, 7) is 2.34. The van der Waals surface area contributed by atoms with E-state index in [0.29, 0.717) is 6.54 Å². The molecule has 1 aromatic rings. The maximum atomic E-state index is 13.2. The van der Waals surface area contributed by atoms with Gasteiger partial charge in [0.25, 0.3) is 0 Å². The second kappa shape index (κ2) is 5.78. The van der Waals surface area contributed by atoms with Crippen LogP contribution in [0.1, 0.15) is 13.3 Å². The average molecular weight is 275 g/mol. The minimum Gasteiger partial charge on any atom is -0.338 e. The zero-order chi connectivity index (χ0) is 13.8. The molecule has 0 fully saturated rings. The number of carbonyl (C=O) groups is 1. The zero-order valence-corrected chi connectivity index (χ0v) is 10.6. The van der Waals surface area contributed by atoms with Crippen LogP contribution in [0.25, 0.3) is 0 Å². The highest BCUT2D eigenvalue weighted by atomic mass is 32.2. The van der Waals surface area contributed by atoms with Gasteiger partial charge in [0, 0.05) is 12.2 Å². The first-order chi connectivity index (χ1) is 8.32. The van der Waals surface area contributed by atoms with Crippen molar-refractivity contribution in [1.82, 2.24) is 5.32 Å². The molecule has 0 radical (unpaired) electrons. The second-order valence-corrected chi connectivity index (χ2v) is 5.16. The Morgan fingerprint density at radius 1 is 1.39 bits per heavy atom. The van der Waals surface area contributed by atoms with Crippen molar-refractivity contribution in [3.8, 4) is 0 Å². The molecule has 6 nitrogen and oxygen atoms in total. The van der Waals surface area contributed by atoms with Crippen LogP contribution in [0.4, 0.5) is 14.9 Å². The van der Waals surface area contributed by atoms with Gasteiger partial charge in [-0.1, -0.05) is 6.92 Å². The van der Waals surface area contributed by atoms with Gasteiger partial charge in [-0.3, -0.25) is 0 Å². The minimum atomic E-state index is -4.01. The predicted molar refractivity (Wildman–Crippen MR) is 65.1 cm³/mol. The maximum Gasteiger partial charge on any atom is 0.319 e. The quantitative estimate of drug-likeness (QED) is 0.764. The number of benzene rings is 1. The first kappa shape index (κ1) is 14.4. The van der Waals surface area contributed by atoms with Gasteiger partial charge in [-0.05, 0) is 24.6 Å². The van der Waals surface area contributed by atoms with Gasteiger partial charge in [-0.15, -0.1) is 0 Å². The van der Waals surface area contributed by atoms with Gasteiger partial charge in [0.2, 0.25) is 10.0 Å². The van der Waals surface area contributed by atoms with Gasteiger partial charge in [0.15, 0.2) is 0 Å². The summed E-state index contributed by atoms with van der Waals surface area (Å²) in [6, 6.07) is 2.33. The van der Waals surface area contributed by atoms with E-state index >= 15 is 0 Å². The van der Waals surface area contributed by atoms with Gasteiger partial charge in [0.05, 0.1) is 4.90 Å². The molecule has 0 heterocycles.